The lowest BCUT2D eigenvalue weighted by Crippen LogP contribution is -2.52. The standard InChI is InChI=1S/C23H18ClF4N7O2/c1-34-32-19(31-33-34)18-17(24)15-10-13(25)4-7-16(15)35(18)14-5-2-12(3-6-14)11-29-20(36)22(8-9-22)30-21(37)23(26,27)28/h2-7,10H,8-9,11H2,1H3,(H,29,36)(H,30,37). The fourth-order valence-corrected chi connectivity index (χ4v) is 4.33. The molecule has 9 nitrogen and oxygen atoms in total. The lowest BCUT2D eigenvalue weighted by molar-refractivity contribution is -0.175. The molecule has 1 saturated carbocycles. The third-order valence-corrected chi connectivity index (χ3v) is 6.41. The third kappa shape index (κ3) is 4.61. The predicted molar refractivity (Wildman–Crippen MR) is 124 cm³/mol. The molecule has 2 heterocycles. The van der Waals surface area contributed by atoms with Crippen LogP contribution in [0.25, 0.3) is 28.1 Å². The highest BCUT2D eigenvalue weighted by atomic mass is 35.5. The minimum absolute atomic E-state index is 0.0275. The second kappa shape index (κ2) is 8.83. The number of benzene rings is 2. The van der Waals surface area contributed by atoms with Crippen LogP contribution in [0.5, 0.6) is 0 Å². The number of alkyl halides is 3. The number of fused-ring (bicyclic) bond motifs is 1. The first-order valence-electron chi connectivity index (χ1n) is 11.0. The largest absolute Gasteiger partial charge is 0.471 e. The quantitative estimate of drug-likeness (QED) is 0.368. The summed E-state index contributed by atoms with van der Waals surface area (Å²) in [4.78, 5) is 25.0. The number of tetrazole rings is 1. The molecule has 0 saturated heterocycles. The summed E-state index contributed by atoms with van der Waals surface area (Å²) in [6, 6.07) is 11.1. The van der Waals surface area contributed by atoms with Crippen LogP contribution in [0.1, 0.15) is 18.4 Å². The SMILES string of the molecule is Cn1nnc(-c2c(Cl)c3cc(F)ccc3n2-c2ccc(CNC(=O)C3(NC(=O)C(F)(F)F)CC3)cc2)n1. The molecule has 1 aliphatic rings. The lowest BCUT2D eigenvalue weighted by Gasteiger charge is -2.18. The Kier molecular flexibility index (Phi) is 5.89. The van der Waals surface area contributed by atoms with E-state index >= 15 is 0 Å². The van der Waals surface area contributed by atoms with E-state index in [0.717, 1.165) is 0 Å². The van der Waals surface area contributed by atoms with Crippen LogP contribution in [-0.2, 0) is 23.2 Å². The number of nitrogens with one attached hydrogen (secondary N) is 2. The molecule has 37 heavy (non-hydrogen) atoms. The van der Waals surface area contributed by atoms with Crippen molar-refractivity contribution in [1.29, 1.82) is 0 Å². The molecule has 4 aromatic rings. The Balaban J connectivity index is 1.39. The van der Waals surface area contributed by atoms with E-state index in [2.05, 4.69) is 20.7 Å². The molecule has 0 bridgehead atoms. The average molecular weight is 536 g/mol. The summed E-state index contributed by atoms with van der Waals surface area (Å²) in [6.07, 6.45) is -4.82. The fraction of sp³-hybridized carbons (Fsp3) is 0.261. The van der Waals surface area contributed by atoms with Gasteiger partial charge in [0, 0.05) is 17.6 Å². The number of aryl methyl sites for hydroxylation is 1. The molecule has 1 fully saturated rings. The van der Waals surface area contributed by atoms with Crippen LogP contribution in [0.15, 0.2) is 42.5 Å². The second-order valence-electron chi connectivity index (χ2n) is 8.65. The zero-order valence-corrected chi connectivity index (χ0v) is 19.9. The van der Waals surface area contributed by atoms with E-state index < -0.39 is 29.3 Å². The molecule has 0 radical (unpaired) electrons. The Morgan fingerprint density at radius 1 is 1.14 bits per heavy atom. The van der Waals surface area contributed by atoms with Crippen LogP contribution >= 0.6 is 11.6 Å². The van der Waals surface area contributed by atoms with Crippen molar-refractivity contribution in [2.45, 2.75) is 31.1 Å². The van der Waals surface area contributed by atoms with Crippen LogP contribution in [-0.4, -0.2) is 48.3 Å². The monoisotopic (exact) mass is 535 g/mol. The Morgan fingerprint density at radius 3 is 2.43 bits per heavy atom. The van der Waals surface area contributed by atoms with Crippen LogP contribution in [0.3, 0.4) is 0 Å². The second-order valence-corrected chi connectivity index (χ2v) is 9.02. The van der Waals surface area contributed by atoms with Gasteiger partial charge in [-0.3, -0.25) is 9.59 Å². The molecule has 2 amide bonds. The first-order chi connectivity index (χ1) is 17.5. The Labute approximate surface area is 211 Å². The molecule has 1 aliphatic carbocycles. The molecule has 2 N–H and O–H groups in total. The topological polar surface area (TPSA) is 107 Å². The molecule has 192 valence electrons. The summed E-state index contributed by atoms with van der Waals surface area (Å²) in [7, 11) is 1.60. The highest BCUT2D eigenvalue weighted by molar-refractivity contribution is 6.38. The van der Waals surface area contributed by atoms with Crippen LogP contribution in [0.4, 0.5) is 17.6 Å². The third-order valence-electron chi connectivity index (χ3n) is 6.03. The number of hydrogen-bond acceptors (Lipinski definition) is 5. The average Bonchev–Trinajstić information content (AvgIpc) is 3.42. The zero-order valence-electron chi connectivity index (χ0n) is 19.1. The maximum absolute atomic E-state index is 14.0. The lowest BCUT2D eigenvalue weighted by atomic mass is 10.1. The number of carbonyl (C=O) groups excluding carboxylic acids is 2. The van der Waals surface area contributed by atoms with Crippen molar-refractivity contribution in [2.24, 2.45) is 7.05 Å². The minimum Gasteiger partial charge on any atom is -0.350 e. The van der Waals surface area contributed by atoms with E-state index in [4.69, 9.17) is 11.6 Å². The van der Waals surface area contributed by atoms with Gasteiger partial charge in [-0.05, 0) is 54.0 Å². The highest BCUT2D eigenvalue weighted by Gasteiger charge is 2.54. The van der Waals surface area contributed by atoms with Gasteiger partial charge in [0.05, 0.1) is 17.6 Å². The van der Waals surface area contributed by atoms with Gasteiger partial charge in [0.15, 0.2) is 0 Å². The van der Waals surface area contributed by atoms with Crippen LogP contribution in [0.2, 0.25) is 5.02 Å². The van der Waals surface area contributed by atoms with E-state index in [0.29, 0.717) is 27.8 Å². The number of nitrogens with zero attached hydrogens (tertiary/aromatic N) is 5. The molecule has 0 spiro atoms. The van der Waals surface area contributed by atoms with Gasteiger partial charge < -0.3 is 15.2 Å². The fourth-order valence-electron chi connectivity index (χ4n) is 4.01. The Hall–Kier alpha value is -4.00. The molecule has 2 aromatic carbocycles. The van der Waals surface area contributed by atoms with Crippen molar-refractivity contribution in [1.82, 2.24) is 35.4 Å². The molecule has 0 atom stereocenters. The minimum atomic E-state index is -5.07. The van der Waals surface area contributed by atoms with Gasteiger partial charge in [0.2, 0.25) is 11.7 Å². The highest BCUT2D eigenvalue weighted by Crippen LogP contribution is 2.39. The summed E-state index contributed by atoms with van der Waals surface area (Å²) < 4.78 is 53.4. The number of carbonyl (C=O) groups is 2. The number of hydrogen-bond donors (Lipinski definition) is 2. The maximum atomic E-state index is 14.0. The molecule has 0 aliphatic heterocycles. The number of halogens is 5. The maximum Gasteiger partial charge on any atom is 0.471 e. The molecular formula is C23H18ClF4N7O2. The van der Waals surface area contributed by atoms with Crippen molar-refractivity contribution in [3.05, 3.63) is 58.9 Å². The summed E-state index contributed by atoms with van der Waals surface area (Å²) >= 11 is 6.60. The van der Waals surface area contributed by atoms with Crippen molar-refractivity contribution in [3.8, 4) is 17.2 Å². The molecule has 14 heteroatoms. The van der Waals surface area contributed by atoms with Crippen molar-refractivity contribution < 1.29 is 27.2 Å². The molecule has 2 aromatic heterocycles. The number of rotatable bonds is 6. The summed E-state index contributed by atoms with van der Waals surface area (Å²) in [5, 5.41) is 17.2. The van der Waals surface area contributed by atoms with Gasteiger partial charge in [-0.15, -0.1) is 10.2 Å². The first kappa shape index (κ1) is 24.7. The number of aromatic nitrogens is 5. The van der Waals surface area contributed by atoms with Crippen LogP contribution < -0.4 is 10.6 Å². The van der Waals surface area contributed by atoms with E-state index in [1.807, 2.05) is 0 Å². The van der Waals surface area contributed by atoms with Crippen molar-refractivity contribution in [2.75, 3.05) is 0 Å². The zero-order chi connectivity index (χ0) is 26.5. The molecular weight excluding hydrogens is 518 g/mol. The first-order valence-corrected chi connectivity index (χ1v) is 11.4. The summed E-state index contributed by atoms with van der Waals surface area (Å²) in [6.45, 7) is 0.0275. The Morgan fingerprint density at radius 2 is 1.84 bits per heavy atom. The molecule has 0 unspecified atom stereocenters. The molecule has 5 rings (SSSR count). The van der Waals surface area contributed by atoms with E-state index in [1.54, 1.807) is 47.3 Å². The van der Waals surface area contributed by atoms with Crippen molar-refractivity contribution >= 4 is 34.3 Å². The summed E-state index contributed by atoms with van der Waals surface area (Å²) in [5.41, 5.74) is 0.764. The van der Waals surface area contributed by atoms with Gasteiger partial charge in [-0.1, -0.05) is 23.7 Å². The van der Waals surface area contributed by atoms with Gasteiger partial charge in [0.1, 0.15) is 17.1 Å². The van der Waals surface area contributed by atoms with E-state index in [9.17, 15) is 27.2 Å². The van der Waals surface area contributed by atoms with Gasteiger partial charge in [0.25, 0.3) is 0 Å². The van der Waals surface area contributed by atoms with E-state index in [-0.39, 0.29) is 30.2 Å². The van der Waals surface area contributed by atoms with E-state index in [1.165, 1.54) is 16.9 Å². The van der Waals surface area contributed by atoms with Gasteiger partial charge in [-0.2, -0.15) is 18.0 Å². The predicted octanol–water partition coefficient (Wildman–Crippen LogP) is 3.44. The smallest absolute Gasteiger partial charge is 0.350 e. The van der Waals surface area contributed by atoms with Crippen molar-refractivity contribution in [3.63, 3.8) is 0 Å². The number of amides is 2. The van der Waals surface area contributed by atoms with Gasteiger partial charge in [-0.25, -0.2) is 4.39 Å². The van der Waals surface area contributed by atoms with Crippen LogP contribution in [0, 0.1) is 5.82 Å². The summed E-state index contributed by atoms with van der Waals surface area (Å²) in [5.74, 6) is -3.06. The normalized spacial score (nSPS) is 14.5. The Bertz CT molecular complexity index is 1520. The van der Waals surface area contributed by atoms with Gasteiger partial charge >= 0.3 is 12.1 Å².